The number of hydrogen-bond acceptors (Lipinski definition) is 11. The largest absolute Gasteiger partial charge is 0.508 e. The molecule has 3 aliphatic heterocycles. The third kappa shape index (κ3) is 6.35. The number of aliphatic hydroxyl groups is 1. The maximum atomic E-state index is 17.4. The zero-order chi connectivity index (χ0) is 38.1. The summed E-state index contributed by atoms with van der Waals surface area (Å²) in [5, 5.41) is 23.2. The number of fused-ring (bicyclic) bond motifs is 3. The summed E-state index contributed by atoms with van der Waals surface area (Å²) < 4.78 is 56.5. The molecule has 0 radical (unpaired) electrons. The number of ether oxygens (including phenoxy) is 4. The average Bonchev–Trinajstić information content (AvgIpc) is 3.77. The number of rotatable bonds is 8. The van der Waals surface area contributed by atoms with Gasteiger partial charge in [0.1, 0.15) is 39.6 Å². The van der Waals surface area contributed by atoms with E-state index in [4.69, 9.17) is 28.9 Å². The summed E-state index contributed by atoms with van der Waals surface area (Å²) in [6.45, 7) is 7.72. The molecule has 3 saturated heterocycles. The average molecular weight is 760 g/mol. The number of aromatic hydroxyl groups is 1. The Morgan fingerprint density at radius 1 is 0.982 bits per heavy atom. The molecular weight excluding hydrogens is 708 g/mol. The maximum absolute atomic E-state index is 17.4. The molecule has 2 aromatic carbocycles. The second kappa shape index (κ2) is 13.9. The summed E-state index contributed by atoms with van der Waals surface area (Å²) in [5.41, 5.74) is -0.570. The number of hydrogen-bond donors (Lipinski definition) is 2. The molecule has 4 atom stereocenters. The van der Waals surface area contributed by atoms with Gasteiger partial charge in [-0.05, 0) is 99.4 Å². The molecule has 2 aliphatic carbocycles. The van der Waals surface area contributed by atoms with E-state index in [9.17, 15) is 10.2 Å². The maximum Gasteiger partial charge on any atom is 0.319 e. The van der Waals surface area contributed by atoms with E-state index in [0.29, 0.717) is 65.8 Å². The van der Waals surface area contributed by atoms with E-state index in [1.54, 1.807) is 13.0 Å². The lowest BCUT2D eigenvalue weighted by atomic mass is 9.74. The number of pyridine rings is 1. The van der Waals surface area contributed by atoms with Crippen LogP contribution in [0.15, 0.2) is 24.3 Å². The summed E-state index contributed by atoms with van der Waals surface area (Å²) in [6.07, 6.45) is 9.38. The van der Waals surface area contributed by atoms with Crippen molar-refractivity contribution < 1.29 is 37.9 Å². The molecule has 2 N–H and O–H groups in total. The standard InChI is InChI=1S/C42H51F2N5O6/c1-4-28-30(43)9-8-25-17-27(50)18-29(32(25)28)35-34(44)36-33(38(45-35)52-3)37(48-15-16-53-21-40(2,51)20-48)47-39(46-36)55-24-42-11-5-7-31(42)49(14-6-12-42)26-10-13-41(19-26)22-54-23-41/h8-9,17-18,26,31,50-51H,4-7,10-16,19-24H2,1-3H3. The van der Waals surface area contributed by atoms with Crippen LogP contribution in [0.4, 0.5) is 14.6 Å². The normalized spacial score (nSPS) is 28.1. The number of phenolic OH excluding ortho intramolecular Hbond substituents is 1. The molecule has 1 spiro atoms. The topological polar surface area (TPSA) is 123 Å². The fourth-order valence-corrected chi connectivity index (χ4v) is 10.6. The van der Waals surface area contributed by atoms with Crippen LogP contribution in [0.25, 0.3) is 32.9 Å². The van der Waals surface area contributed by atoms with Gasteiger partial charge in [0.2, 0.25) is 5.88 Å². The van der Waals surface area contributed by atoms with Gasteiger partial charge in [-0.2, -0.15) is 9.97 Å². The molecular formula is C42H51F2N5O6. The van der Waals surface area contributed by atoms with Gasteiger partial charge in [-0.3, -0.25) is 4.90 Å². The molecule has 0 amide bonds. The third-order valence-corrected chi connectivity index (χ3v) is 13.2. The molecule has 13 heteroatoms. The Hall–Kier alpha value is -3.91. The van der Waals surface area contributed by atoms with E-state index in [-0.39, 0.29) is 58.4 Å². The molecule has 2 aromatic heterocycles. The first-order valence-corrected chi connectivity index (χ1v) is 19.9. The number of halogens is 2. The highest BCUT2D eigenvalue weighted by molar-refractivity contribution is 6.03. The van der Waals surface area contributed by atoms with Crippen molar-refractivity contribution in [1.29, 1.82) is 0 Å². The number of aryl methyl sites for hydroxylation is 1. The van der Waals surface area contributed by atoms with Crippen LogP contribution < -0.4 is 14.4 Å². The van der Waals surface area contributed by atoms with Gasteiger partial charge in [-0.15, -0.1) is 0 Å². The van der Waals surface area contributed by atoms with E-state index >= 15 is 8.78 Å². The highest BCUT2D eigenvalue weighted by Crippen LogP contribution is 2.53. The molecule has 5 heterocycles. The number of β-amino-alcohol motifs (C(OH)–C–C–N with tert-alkyl or cyclic N) is 1. The Kier molecular flexibility index (Phi) is 9.30. The van der Waals surface area contributed by atoms with E-state index in [1.165, 1.54) is 44.6 Å². The molecule has 4 aromatic rings. The molecule has 5 aliphatic rings. The number of nitrogens with zero attached hydrogens (tertiary/aromatic N) is 5. The number of likely N-dealkylation sites (tertiary alicyclic amines) is 1. The van der Waals surface area contributed by atoms with Crippen LogP contribution in [-0.4, -0.2) is 108 Å². The number of piperidine rings is 1. The Labute approximate surface area is 319 Å². The molecule has 5 fully saturated rings. The Balaban J connectivity index is 1.15. The Bertz CT molecular complexity index is 2130. The number of aromatic nitrogens is 3. The molecule has 294 valence electrons. The van der Waals surface area contributed by atoms with Crippen molar-refractivity contribution in [2.24, 2.45) is 10.8 Å². The predicted octanol–water partition coefficient (Wildman–Crippen LogP) is 6.57. The first-order valence-electron chi connectivity index (χ1n) is 19.9. The molecule has 4 unspecified atom stereocenters. The van der Waals surface area contributed by atoms with Crippen LogP contribution in [0.1, 0.15) is 70.8 Å². The predicted molar refractivity (Wildman–Crippen MR) is 204 cm³/mol. The zero-order valence-electron chi connectivity index (χ0n) is 32.0. The van der Waals surface area contributed by atoms with Crippen molar-refractivity contribution in [3.8, 4) is 28.9 Å². The van der Waals surface area contributed by atoms with E-state index < -0.39 is 17.2 Å². The second-order valence-corrected chi connectivity index (χ2v) is 17.1. The van der Waals surface area contributed by atoms with Crippen LogP contribution in [0.2, 0.25) is 0 Å². The summed E-state index contributed by atoms with van der Waals surface area (Å²) in [6, 6.07) is 6.81. The number of benzene rings is 2. The lowest BCUT2D eigenvalue weighted by molar-refractivity contribution is -0.114. The van der Waals surface area contributed by atoms with E-state index in [1.807, 2.05) is 11.8 Å². The van der Waals surface area contributed by atoms with Crippen molar-refractivity contribution in [3.63, 3.8) is 0 Å². The third-order valence-electron chi connectivity index (χ3n) is 13.2. The van der Waals surface area contributed by atoms with Gasteiger partial charge < -0.3 is 34.1 Å². The fraction of sp³-hybridized carbons (Fsp3) is 0.595. The first-order chi connectivity index (χ1) is 26.5. The zero-order valence-corrected chi connectivity index (χ0v) is 32.0. The lowest BCUT2D eigenvalue weighted by Crippen LogP contribution is -2.55. The van der Waals surface area contributed by atoms with Crippen LogP contribution in [0.3, 0.4) is 0 Å². The monoisotopic (exact) mass is 759 g/mol. The second-order valence-electron chi connectivity index (χ2n) is 17.1. The molecule has 2 saturated carbocycles. The molecule has 0 bridgehead atoms. The van der Waals surface area contributed by atoms with Crippen molar-refractivity contribution in [3.05, 3.63) is 41.5 Å². The SMILES string of the molecule is CCc1c(F)ccc2cc(O)cc(-c3nc(OC)c4c(N5CCOCC(C)(O)C5)nc(OCC56CCCC5N(C5CCC7(COC7)C5)CCC6)nc4c3F)c12. The summed E-state index contributed by atoms with van der Waals surface area (Å²) in [4.78, 5) is 19.0. The van der Waals surface area contributed by atoms with Gasteiger partial charge >= 0.3 is 6.01 Å². The van der Waals surface area contributed by atoms with Crippen molar-refractivity contribution in [2.45, 2.75) is 89.3 Å². The van der Waals surface area contributed by atoms with Gasteiger partial charge in [-0.25, -0.2) is 13.8 Å². The minimum atomic E-state index is -1.22. The smallest absolute Gasteiger partial charge is 0.319 e. The highest BCUT2D eigenvalue weighted by Gasteiger charge is 2.54. The van der Waals surface area contributed by atoms with Crippen LogP contribution >= 0.6 is 0 Å². The van der Waals surface area contributed by atoms with Crippen molar-refractivity contribution in [1.82, 2.24) is 19.9 Å². The minimum absolute atomic E-state index is 0.0232. The number of anilines is 1. The van der Waals surface area contributed by atoms with Gasteiger partial charge in [0, 0.05) is 35.0 Å². The Morgan fingerprint density at radius 2 is 1.82 bits per heavy atom. The summed E-state index contributed by atoms with van der Waals surface area (Å²) in [5.74, 6) is -0.965. The fourth-order valence-electron chi connectivity index (χ4n) is 10.6. The van der Waals surface area contributed by atoms with E-state index in [2.05, 4.69) is 9.88 Å². The first kappa shape index (κ1) is 36.7. The minimum Gasteiger partial charge on any atom is -0.508 e. The van der Waals surface area contributed by atoms with Crippen molar-refractivity contribution in [2.75, 3.05) is 64.7 Å². The van der Waals surface area contributed by atoms with Gasteiger partial charge in [0.05, 0.1) is 46.7 Å². The van der Waals surface area contributed by atoms with Gasteiger partial charge in [-0.1, -0.05) is 19.4 Å². The molecule has 9 rings (SSSR count). The molecule has 11 nitrogen and oxygen atoms in total. The molecule has 55 heavy (non-hydrogen) atoms. The quantitative estimate of drug-likeness (QED) is 0.203. The summed E-state index contributed by atoms with van der Waals surface area (Å²) >= 11 is 0. The van der Waals surface area contributed by atoms with Gasteiger partial charge in [0.25, 0.3) is 0 Å². The van der Waals surface area contributed by atoms with E-state index in [0.717, 1.165) is 51.9 Å². The van der Waals surface area contributed by atoms with Crippen molar-refractivity contribution >= 4 is 27.5 Å². The van der Waals surface area contributed by atoms with Crippen LogP contribution in [0.5, 0.6) is 17.6 Å². The summed E-state index contributed by atoms with van der Waals surface area (Å²) in [7, 11) is 1.44. The lowest BCUT2D eigenvalue weighted by Gasteiger charge is -2.49. The number of methoxy groups -OCH3 is 1. The van der Waals surface area contributed by atoms with Gasteiger partial charge in [0.15, 0.2) is 5.82 Å². The number of phenols is 1. The van der Waals surface area contributed by atoms with Crippen LogP contribution in [0, 0.1) is 22.5 Å². The van der Waals surface area contributed by atoms with Crippen LogP contribution in [-0.2, 0) is 15.9 Å². The highest BCUT2D eigenvalue weighted by atomic mass is 19.1. The Morgan fingerprint density at radius 3 is 2.58 bits per heavy atom.